The predicted molar refractivity (Wildman–Crippen MR) is 110 cm³/mol. The van der Waals surface area contributed by atoms with Gasteiger partial charge in [-0.1, -0.05) is 20.3 Å². The van der Waals surface area contributed by atoms with Gasteiger partial charge in [0, 0.05) is 0 Å². The van der Waals surface area contributed by atoms with Gasteiger partial charge in [0.1, 0.15) is 23.0 Å². The van der Waals surface area contributed by atoms with Gasteiger partial charge < -0.3 is 13.6 Å². The van der Waals surface area contributed by atoms with Crippen molar-refractivity contribution in [2.24, 2.45) is 0 Å². The van der Waals surface area contributed by atoms with Crippen LogP contribution in [0.3, 0.4) is 0 Å². The van der Waals surface area contributed by atoms with Gasteiger partial charge in [0.15, 0.2) is 9.04 Å². The Morgan fingerprint density at radius 2 is 1.63 bits per heavy atom. The van der Waals surface area contributed by atoms with Crippen LogP contribution < -0.4 is 0 Å². The highest BCUT2D eigenvalue weighted by molar-refractivity contribution is 6.56. The number of ether oxygens (including phenoxy) is 2. The highest BCUT2D eigenvalue weighted by Gasteiger charge is 2.41. The van der Waals surface area contributed by atoms with E-state index in [1.807, 2.05) is 0 Å². The monoisotopic (exact) mass is 406 g/mol. The van der Waals surface area contributed by atoms with Crippen molar-refractivity contribution in [1.29, 1.82) is 0 Å². The van der Waals surface area contributed by atoms with E-state index in [1.54, 1.807) is 0 Å². The van der Waals surface area contributed by atoms with Gasteiger partial charge in [-0.05, 0) is 66.6 Å². The molecule has 2 bridgehead atoms. The molecule has 1 unspecified atom stereocenters. The molecule has 27 heavy (non-hydrogen) atoms. The summed E-state index contributed by atoms with van der Waals surface area (Å²) in [4.78, 5) is 24.4. The number of rotatable bonds is 4. The molecule has 1 atom stereocenters. The lowest BCUT2D eigenvalue weighted by molar-refractivity contribution is 0.0251. The molecule has 3 aliphatic rings. The van der Waals surface area contributed by atoms with Crippen molar-refractivity contribution < 1.29 is 23.2 Å². The average molecular weight is 407 g/mol. The molecule has 7 heteroatoms. The van der Waals surface area contributed by atoms with Crippen LogP contribution in [0.5, 0.6) is 0 Å². The molecule has 4 rings (SSSR count). The van der Waals surface area contributed by atoms with E-state index >= 15 is 0 Å². The molecule has 0 aromatic heterocycles. The molecule has 2 aliphatic carbocycles. The van der Waals surface area contributed by atoms with Crippen LogP contribution in [0.25, 0.3) is 0 Å². The van der Waals surface area contributed by atoms with Gasteiger partial charge in [0.05, 0.1) is 11.1 Å². The maximum atomic E-state index is 12.2. The maximum Gasteiger partial charge on any atom is 0.338 e. The molecule has 0 saturated carbocycles. The van der Waals surface area contributed by atoms with Crippen molar-refractivity contribution in [1.82, 2.24) is 0 Å². The number of carbonyl (C=O) groups is 2. The van der Waals surface area contributed by atoms with Crippen molar-refractivity contribution in [2.75, 3.05) is 13.2 Å². The summed E-state index contributed by atoms with van der Waals surface area (Å²) >= 11 is 0. The van der Waals surface area contributed by atoms with E-state index in [0.29, 0.717) is 5.92 Å². The summed E-state index contributed by atoms with van der Waals surface area (Å²) in [6.07, 6.45) is 3.89. The summed E-state index contributed by atoms with van der Waals surface area (Å²) in [5.41, 5.74) is 5.57. The number of esters is 2. The highest BCUT2D eigenvalue weighted by atomic mass is 28.3. The fourth-order valence-corrected chi connectivity index (χ4v) is 6.79. The fourth-order valence-electron chi connectivity index (χ4n) is 3.95. The summed E-state index contributed by atoms with van der Waals surface area (Å²) < 4.78 is 16.0. The van der Waals surface area contributed by atoms with Gasteiger partial charge >= 0.3 is 11.9 Å². The minimum Gasteiger partial charge on any atom is -0.463 e. The summed E-state index contributed by atoms with van der Waals surface area (Å²) in [7, 11) is -0.715. The molecular formula is C20H30O5Si2. The highest BCUT2D eigenvalue weighted by Crippen LogP contribution is 2.47. The van der Waals surface area contributed by atoms with Crippen molar-refractivity contribution in [3.8, 4) is 0 Å². The standard InChI is InChI=1S/C15H14O4.C5H16OSi2/c1-7-6-10-11(7)13-9-3-2-8(9)12(10)14(16)18-4-5-19-15(13)17;1-4-5-7-6-8(2)3/h7H,2-6H2,1H3;8H,4-5,7H2,1-3H3. The van der Waals surface area contributed by atoms with E-state index in [0.717, 1.165) is 52.6 Å². The second-order valence-corrected chi connectivity index (χ2v) is 12.3. The molecule has 1 aromatic carbocycles. The largest absolute Gasteiger partial charge is 0.463 e. The van der Waals surface area contributed by atoms with E-state index in [9.17, 15) is 9.59 Å². The predicted octanol–water partition coefficient (Wildman–Crippen LogP) is 2.67. The van der Waals surface area contributed by atoms with Crippen LogP contribution in [0.1, 0.15) is 69.2 Å². The number of carbonyl (C=O) groups excluding carboxylic acids is 2. The fraction of sp³-hybridized carbons (Fsp3) is 0.600. The van der Waals surface area contributed by atoms with Crippen molar-refractivity contribution in [3.05, 3.63) is 33.4 Å². The van der Waals surface area contributed by atoms with Crippen molar-refractivity contribution in [2.45, 2.75) is 64.6 Å². The molecule has 1 aromatic rings. The van der Waals surface area contributed by atoms with Gasteiger partial charge in [0.2, 0.25) is 0 Å². The summed E-state index contributed by atoms with van der Waals surface area (Å²) in [6, 6.07) is 1.37. The normalized spacial score (nSPS) is 20.1. The Kier molecular flexibility index (Phi) is 6.54. The number of hydrogen-bond acceptors (Lipinski definition) is 5. The Morgan fingerprint density at radius 1 is 1.04 bits per heavy atom. The molecule has 0 amide bonds. The van der Waals surface area contributed by atoms with E-state index in [-0.39, 0.29) is 34.9 Å². The molecular weight excluding hydrogens is 376 g/mol. The Labute approximate surface area is 165 Å². The van der Waals surface area contributed by atoms with E-state index in [1.165, 1.54) is 12.5 Å². The molecule has 0 radical (unpaired) electrons. The number of fused-ring (bicyclic) bond motifs is 3. The number of cyclic esters (lactones) is 2. The van der Waals surface area contributed by atoms with Crippen molar-refractivity contribution in [3.63, 3.8) is 0 Å². The van der Waals surface area contributed by atoms with Gasteiger partial charge in [0.25, 0.3) is 0 Å². The zero-order valence-corrected chi connectivity index (χ0v) is 19.4. The molecule has 0 fully saturated rings. The molecule has 1 heterocycles. The third-order valence-corrected chi connectivity index (χ3v) is 10.0. The lowest BCUT2D eigenvalue weighted by Gasteiger charge is -2.38. The Bertz CT molecular complexity index is 745. The van der Waals surface area contributed by atoms with Crippen molar-refractivity contribution >= 4 is 30.7 Å². The first kappa shape index (κ1) is 20.3. The summed E-state index contributed by atoms with van der Waals surface area (Å²) in [6.45, 7) is 9.07. The lowest BCUT2D eigenvalue weighted by atomic mass is 9.66. The second kappa shape index (κ2) is 8.71. The zero-order chi connectivity index (χ0) is 19.6. The third kappa shape index (κ3) is 4.05. The Balaban J connectivity index is 0.000000226. The smallest absolute Gasteiger partial charge is 0.338 e. The van der Waals surface area contributed by atoms with Gasteiger partial charge in [-0.15, -0.1) is 0 Å². The Morgan fingerprint density at radius 3 is 2.15 bits per heavy atom. The summed E-state index contributed by atoms with van der Waals surface area (Å²) in [5, 5.41) is 0. The minimum atomic E-state index is -0.640. The van der Waals surface area contributed by atoms with Gasteiger partial charge in [-0.25, -0.2) is 9.59 Å². The van der Waals surface area contributed by atoms with E-state index in [4.69, 9.17) is 13.6 Å². The minimum absolute atomic E-state index is 0.0745. The molecule has 1 aliphatic heterocycles. The maximum absolute atomic E-state index is 12.2. The topological polar surface area (TPSA) is 61.8 Å². The van der Waals surface area contributed by atoms with Gasteiger partial charge in [-0.2, -0.15) is 0 Å². The van der Waals surface area contributed by atoms with Crippen LogP contribution in [-0.2, 0) is 32.9 Å². The molecule has 5 nitrogen and oxygen atoms in total. The number of benzene rings is 1. The van der Waals surface area contributed by atoms with Crippen LogP contribution in [0.15, 0.2) is 0 Å². The molecule has 0 spiro atoms. The van der Waals surface area contributed by atoms with E-state index < -0.39 is 9.04 Å². The van der Waals surface area contributed by atoms with Gasteiger partial charge in [-0.3, -0.25) is 0 Å². The second-order valence-electron chi connectivity index (χ2n) is 7.75. The van der Waals surface area contributed by atoms with Crippen LogP contribution in [-0.4, -0.2) is 44.0 Å². The van der Waals surface area contributed by atoms with E-state index in [2.05, 4.69) is 26.9 Å². The van der Waals surface area contributed by atoms with Crippen LogP contribution in [0.2, 0.25) is 19.1 Å². The summed E-state index contributed by atoms with van der Waals surface area (Å²) in [5.74, 6) is -0.165. The Hall–Kier alpha value is -1.45. The first-order chi connectivity index (χ1) is 13.0. The lowest BCUT2D eigenvalue weighted by Crippen LogP contribution is -2.34. The van der Waals surface area contributed by atoms with Crippen LogP contribution in [0.4, 0.5) is 0 Å². The first-order valence-corrected chi connectivity index (χ1v) is 14.5. The SMILES string of the molecule is CC1Cc2c3c4c(c(c21)C(=O)OCCOC3=O)CC4.CCC[SiH2]O[SiH](C)C. The number of hydrogen-bond donors (Lipinski definition) is 0. The van der Waals surface area contributed by atoms with Crippen LogP contribution >= 0.6 is 0 Å². The first-order valence-electron chi connectivity index (χ1n) is 10.1. The molecule has 0 N–H and O–H groups in total. The van der Waals surface area contributed by atoms with Crippen LogP contribution in [0, 0.1) is 0 Å². The molecule has 0 saturated heterocycles. The quantitative estimate of drug-likeness (QED) is 0.437. The average Bonchev–Trinajstić information content (AvgIpc) is 2.58. The third-order valence-electron chi connectivity index (χ3n) is 5.40. The molecule has 148 valence electrons. The zero-order valence-electron chi connectivity index (χ0n) is 16.9.